The Labute approximate surface area is 192 Å². The van der Waals surface area contributed by atoms with E-state index in [0.29, 0.717) is 0 Å². The van der Waals surface area contributed by atoms with Crippen LogP contribution in [0.3, 0.4) is 0 Å². The van der Waals surface area contributed by atoms with Gasteiger partial charge in [0.15, 0.2) is 0 Å². The summed E-state index contributed by atoms with van der Waals surface area (Å²) in [5.74, 6) is 0. The summed E-state index contributed by atoms with van der Waals surface area (Å²) in [4.78, 5) is 4.96. The molecule has 4 aromatic carbocycles. The van der Waals surface area contributed by atoms with Gasteiger partial charge in [-0.1, -0.05) is 48.5 Å². The summed E-state index contributed by atoms with van der Waals surface area (Å²) < 4.78 is 2.37. The summed E-state index contributed by atoms with van der Waals surface area (Å²) in [6.45, 7) is 4.31. The first-order chi connectivity index (χ1) is 16.2. The van der Waals surface area contributed by atoms with E-state index in [9.17, 15) is 0 Å². The maximum Gasteiger partial charge on any atom is 0.145 e. The third-order valence-electron chi connectivity index (χ3n) is 7.95. The molecule has 156 valence electrons. The Hall–Kier alpha value is -3.91. The molecule has 2 aliphatic rings. The molecule has 0 amide bonds. The first kappa shape index (κ1) is 17.6. The lowest BCUT2D eigenvalue weighted by atomic mass is 9.97. The number of rotatable bonds is 0. The molecule has 0 spiro atoms. The molecule has 0 atom stereocenters. The third-order valence-corrected chi connectivity index (χ3v) is 7.95. The molecule has 0 unspecified atom stereocenters. The monoisotopic (exact) mass is 422 g/mol. The van der Waals surface area contributed by atoms with Crippen LogP contribution in [0.5, 0.6) is 0 Å². The van der Waals surface area contributed by atoms with E-state index >= 15 is 0 Å². The minimum Gasteiger partial charge on any atom is -0.296 e. The number of imidazole rings is 1. The van der Waals surface area contributed by atoms with Gasteiger partial charge in [0.2, 0.25) is 0 Å². The number of aromatic nitrogens is 2. The van der Waals surface area contributed by atoms with Crippen LogP contribution in [0.15, 0.2) is 72.8 Å². The highest BCUT2D eigenvalue weighted by Crippen LogP contribution is 2.46. The molecular formula is C31H22N2. The highest BCUT2D eigenvalue weighted by Gasteiger charge is 2.26. The van der Waals surface area contributed by atoms with Gasteiger partial charge in [-0.3, -0.25) is 4.40 Å². The van der Waals surface area contributed by atoms with Crippen LogP contribution in [0, 0.1) is 13.8 Å². The van der Waals surface area contributed by atoms with Gasteiger partial charge < -0.3 is 0 Å². The lowest BCUT2D eigenvalue weighted by Crippen LogP contribution is -1.95. The normalized spacial score (nSPS) is 13.5. The van der Waals surface area contributed by atoms with Crippen molar-refractivity contribution in [3.8, 4) is 22.3 Å². The standard InChI is InChI=1S/C31H22N2/c1-17-18(2)33-30-16-28-22(15-29(30)24-9-5-6-10-25(24)31(33)32-17)12-21-13-26-20(14-27(21)28)11-19-7-3-4-8-23(19)26/h3-10,13-16H,11-12H2,1-2H3. The van der Waals surface area contributed by atoms with E-state index in [0.717, 1.165) is 24.2 Å². The molecule has 0 N–H and O–H groups in total. The fourth-order valence-electron chi connectivity index (χ4n) is 6.26. The van der Waals surface area contributed by atoms with Crippen LogP contribution < -0.4 is 0 Å². The molecule has 33 heavy (non-hydrogen) atoms. The van der Waals surface area contributed by atoms with E-state index in [1.165, 1.54) is 71.9 Å². The predicted octanol–water partition coefficient (Wildman–Crippen LogP) is 7.40. The molecule has 0 bridgehead atoms. The van der Waals surface area contributed by atoms with Crippen molar-refractivity contribution >= 4 is 27.3 Å². The van der Waals surface area contributed by atoms with E-state index in [4.69, 9.17) is 4.98 Å². The second-order valence-electron chi connectivity index (χ2n) is 9.69. The fourth-order valence-corrected chi connectivity index (χ4v) is 6.26. The molecule has 2 heteroatoms. The summed E-state index contributed by atoms with van der Waals surface area (Å²) in [7, 11) is 0. The van der Waals surface area contributed by atoms with Crippen LogP contribution in [0.2, 0.25) is 0 Å². The number of hydrogen-bond donors (Lipinski definition) is 0. The molecule has 0 aliphatic heterocycles. The van der Waals surface area contributed by atoms with Crippen LogP contribution in [0.1, 0.15) is 33.6 Å². The first-order valence-corrected chi connectivity index (χ1v) is 11.7. The van der Waals surface area contributed by atoms with Gasteiger partial charge in [0.25, 0.3) is 0 Å². The molecule has 6 aromatic rings. The molecule has 0 fully saturated rings. The second-order valence-corrected chi connectivity index (χ2v) is 9.69. The van der Waals surface area contributed by atoms with Crippen molar-refractivity contribution in [1.82, 2.24) is 9.38 Å². The number of hydrogen-bond acceptors (Lipinski definition) is 1. The van der Waals surface area contributed by atoms with Gasteiger partial charge in [-0.15, -0.1) is 0 Å². The van der Waals surface area contributed by atoms with E-state index in [1.54, 1.807) is 0 Å². The van der Waals surface area contributed by atoms with E-state index < -0.39 is 0 Å². The molecular weight excluding hydrogens is 400 g/mol. The maximum atomic E-state index is 4.96. The topological polar surface area (TPSA) is 17.3 Å². The van der Waals surface area contributed by atoms with Crippen molar-refractivity contribution < 1.29 is 0 Å². The van der Waals surface area contributed by atoms with Crippen LogP contribution in [-0.4, -0.2) is 9.38 Å². The Morgan fingerprint density at radius 1 is 0.606 bits per heavy atom. The Morgan fingerprint density at radius 3 is 2.09 bits per heavy atom. The van der Waals surface area contributed by atoms with Crippen LogP contribution in [0.4, 0.5) is 0 Å². The number of fused-ring (bicyclic) bond motifs is 12. The van der Waals surface area contributed by atoms with Crippen LogP contribution in [-0.2, 0) is 12.8 Å². The summed E-state index contributed by atoms with van der Waals surface area (Å²) in [6.07, 6.45) is 2.04. The highest BCUT2D eigenvalue weighted by atomic mass is 15.0. The Bertz CT molecular complexity index is 1830. The van der Waals surface area contributed by atoms with Gasteiger partial charge in [-0.25, -0.2) is 4.98 Å². The summed E-state index contributed by atoms with van der Waals surface area (Å²) in [5.41, 5.74) is 16.1. The van der Waals surface area contributed by atoms with Crippen molar-refractivity contribution in [1.29, 1.82) is 0 Å². The zero-order valence-electron chi connectivity index (χ0n) is 18.7. The summed E-state index contributed by atoms with van der Waals surface area (Å²) in [6, 6.07) is 27.4. The molecule has 0 saturated heterocycles. The lowest BCUT2D eigenvalue weighted by Gasteiger charge is -2.12. The lowest BCUT2D eigenvalue weighted by molar-refractivity contribution is 1.14. The van der Waals surface area contributed by atoms with Gasteiger partial charge >= 0.3 is 0 Å². The highest BCUT2D eigenvalue weighted by molar-refractivity contribution is 6.13. The van der Waals surface area contributed by atoms with Crippen LogP contribution in [0.25, 0.3) is 49.6 Å². The number of nitrogens with zero attached hydrogens (tertiary/aromatic N) is 2. The van der Waals surface area contributed by atoms with Crippen molar-refractivity contribution in [2.24, 2.45) is 0 Å². The van der Waals surface area contributed by atoms with E-state index in [2.05, 4.69) is 91.0 Å². The Balaban J connectivity index is 1.45. The number of aryl methyl sites for hydroxylation is 2. The zero-order chi connectivity index (χ0) is 21.8. The molecule has 0 radical (unpaired) electrons. The van der Waals surface area contributed by atoms with Crippen molar-refractivity contribution in [2.75, 3.05) is 0 Å². The van der Waals surface area contributed by atoms with Crippen molar-refractivity contribution in [2.45, 2.75) is 26.7 Å². The molecule has 2 aliphatic carbocycles. The predicted molar refractivity (Wildman–Crippen MR) is 136 cm³/mol. The molecule has 2 heterocycles. The summed E-state index contributed by atoms with van der Waals surface area (Å²) in [5, 5.41) is 3.84. The number of benzene rings is 4. The zero-order valence-corrected chi connectivity index (χ0v) is 18.7. The van der Waals surface area contributed by atoms with Gasteiger partial charge in [0.05, 0.1) is 11.2 Å². The van der Waals surface area contributed by atoms with Gasteiger partial charge in [-0.2, -0.15) is 0 Å². The summed E-state index contributed by atoms with van der Waals surface area (Å²) >= 11 is 0. The van der Waals surface area contributed by atoms with Gasteiger partial charge in [0, 0.05) is 16.5 Å². The van der Waals surface area contributed by atoms with Crippen molar-refractivity contribution in [3.63, 3.8) is 0 Å². The van der Waals surface area contributed by atoms with Gasteiger partial charge in [0.1, 0.15) is 5.65 Å². The molecule has 8 rings (SSSR count). The van der Waals surface area contributed by atoms with E-state index in [-0.39, 0.29) is 0 Å². The van der Waals surface area contributed by atoms with Crippen molar-refractivity contribution in [3.05, 3.63) is 106 Å². The van der Waals surface area contributed by atoms with Gasteiger partial charge in [-0.05, 0) is 101 Å². The largest absolute Gasteiger partial charge is 0.296 e. The SMILES string of the molecule is Cc1nc2c3ccccc3c3cc4c(cc3n2c1C)-c1cc2c(cc1C4)-c1ccccc1C2. The molecule has 2 aromatic heterocycles. The van der Waals surface area contributed by atoms with E-state index in [1.807, 2.05) is 0 Å². The Kier molecular flexibility index (Phi) is 3.15. The third kappa shape index (κ3) is 2.16. The number of pyridine rings is 1. The average molecular weight is 423 g/mol. The Morgan fingerprint density at radius 2 is 1.24 bits per heavy atom. The smallest absolute Gasteiger partial charge is 0.145 e. The second kappa shape index (κ2) is 5.90. The van der Waals surface area contributed by atoms with Crippen LogP contribution >= 0.6 is 0 Å². The maximum absolute atomic E-state index is 4.96. The average Bonchev–Trinajstić information content (AvgIpc) is 3.47. The first-order valence-electron chi connectivity index (χ1n) is 11.7. The quantitative estimate of drug-likeness (QED) is 0.233. The molecule has 0 saturated carbocycles. The molecule has 2 nitrogen and oxygen atoms in total. The minimum atomic E-state index is 1.00. The minimum absolute atomic E-state index is 1.00. The fraction of sp³-hybridized carbons (Fsp3) is 0.129.